The summed E-state index contributed by atoms with van der Waals surface area (Å²) in [5.41, 5.74) is 3.41. The maximum atomic E-state index is 13.4. The van der Waals surface area contributed by atoms with Gasteiger partial charge in [-0.3, -0.25) is 0 Å². The zero-order chi connectivity index (χ0) is 13.9. The van der Waals surface area contributed by atoms with E-state index in [9.17, 15) is 4.39 Å². The molecule has 0 spiro atoms. The van der Waals surface area contributed by atoms with Crippen LogP contribution >= 0.6 is 0 Å². The molecule has 3 rings (SSSR count). The Bertz CT molecular complexity index is 594. The molecule has 2 aromatic carbocycles. The molecule has 104 valence electrons. The molecule has 1 unspecified atom stereocenters. The number of halogens is 1. The first-order valence-electron chi connectivity index (χ1n) is 6.93. The quantitative estimate of drug-likeness (QED) is 0.918. The highest BCUT2D eigenvalue weighted by atomic mass is 19.1. The first-order chi connectivity index (χ1) is 9.72. The summed E-state index contributed by atoms with van der Waals surface area (Å²) in [6, 6.07) is 13.3. The van der Waals surface area contributed by atoms with E-state index < -0.39 is 0 Å². The van der Waals surface area contributed by atoms with Crippen molar-refractivity contribution in [1.82, 2.24) is 5.32 Å². The van der Waals surface area contributed by atoms with E-state index in [4.69, 9.17) is 4.74 Å². The number of benzene rings is 2. The number of rotatable bonds is 3. The summed E-state index contributed by atoms with van der Waals surface area (Å²) in [4.78, 5) is 0. The minimum atomic E-state index is -0.212. The molecular formula is C17H18FNO. The van der Waals surface area contributed by atoms with E-state index in [1.54, 1.807) is 12.1 Å². The van der Waals surface area contributed by atoms with Gasteiger partial charge in [0.15, 0.2) is 0 Å². The third-order valence-electron chi connectivity index (χ3n) is 3.68. The summed E-state index contributed by atoms with van der Waals surface area (Å²) in [5.74, 6) is 0.579. The molecule has 0 amide bonds. The zero-order valence-corrected chi connectivity index (χ0v) is 11.5. The SMILES string of the molecule is Cc1ccc(CNC2CCOc3ccc(F)cc32)cc1. The van der Waals surface area contributed by atoms with Gasteiger partial charge in [-0.1, -0.05) is 29.8 Å². The van der Waals surface area contributed by atoms with Crippen LogP contribution in [0.1, 0.15) is 29.2 Å². The van der Waals surface area contributed by atoms with Crippen molar-refractivity contribution < 1.29 is 9.13 Å². The van der Waals surface area contributed by atoms with Crippen molar-refractivity contribution in [3.63, 3.8) is 0 Å². The summed E-state index contributed by atoms with van der Waals surface area (Å²) in [6.45, 7) is 3.53. The fraction of sp³-hybridized carbons (Fsp3) is 0.294. The van der Waals surface area contributed by atoms with Gasteiger partial charge in [0, 0.05) is 24.6 Å². The first-order valence-corrected chi connectivity index (χ1v) is 6.93. The first kappa shape index (κ1) is 13.1. The van der Waals surface area contributed by atoms with Gasteiger partial charge in [0.1, 0.15) is 11.6 Å². The maximum Gasteiger partial charge on any atom is 0.124 e. The number of hydrogen-bond donors (Lipinski definition) is 1. The molecular weight excluding hydrogens is 253 g/mol. The van der Waals surface area contributed by atoms with Gasteiger partial charge in [-0.15, -0.1) is 0 Å². The topological polar surface area (TPSA) is 21.3 Å². The normalized spacial score (nSPS) is 17.4. The number of nitrogens with one attached hydrogen (secondary N) is 1. The van der Waals surface area contributed by atoms with Crippen molar-refractivity contribution in [1.29, 1.82) is 0 Å². The highest BCUT2D eigenvalue weighted by Crippen LogP contribution is 2.32. The van der Waals surface area contributed by atoms with Crippen LogP contribution in [-0.4, -0.2) is 6.61 Å². The predicted molar refractivity (Wildman–Crippen MR) is 77.3 cm³/mol. The zero-order valence-electron chi connectivity index (χ0n) is 11.5. The Morgan fingerprint density at radius 1 is 1.20 bits per heavy atom. The summed E-state index contributed by atoms with van der Waals surface area (Å²) >= 11 is 0. The molecule has 0 fully saturated rings. The summed E-state index contributed by atoms with van der Waals surface area (Å²) in [6.07, 6.45) is 0.863. The Kier molecular flexibility index (Phi) is 3.70. The molecule has 0 aliphatic carbocycles. The summed E-state index contributed by atoms with van der Waals surface area (Å²) in [5, 5.41) is 3.49. The molecule has 1 atom stereocenters. The van der Waals surface area contributed by atoms with Crippen LogP contribution in [0.2, 0.25) is 0 Å². The lowest BCUT2D eigenvalue weighted by atomic mass is 10.00. The Hall–Kier alpha value is -1.87. The fourth-order valence-electron chi connectivity index (χ4n) is 2.52. The van der Waals surface area contributed by atoms with E-state index in [1.165, 1.54) is 17.2 Å². The molecule has 20 heavy (non-hydrogen) atoms. The monoisotopic (exact) mass is 271 g/mol. The van der Waals surface area contributed by atoms with Crippen LogP contribution in [0.15, 0.2) is 42.5 Å². The second kappa shape index (κ2) is 5.63. The van der Waals surface area contributed by atoms with Crippen molar-refractivity contribution in [2.24, 2.45) is 0 Å². The second-order valence-electron chi connectivity index (χ2n) is 5.24. The number of fused-ring (bicyclic) bond motifs is 1. The Balaban J connectivity index is 1.73. The highest BCUT2D eigenvalue weighted by Gasteiger charge is 2.21. The van der Waals surface area contributed by atoms with Crippen LogP contribution in [0.3, 0.4) is 0 Å². The minimum Gasteiger partial charge on any atom is -0.493 e. The smallest absolute Gasteiger partial charge is 0.124 e. The van der Waals surface area contributed by atoms with Crippen molar-refractivity contribution >= 4 is 0 Å². The summed E-state index contributed by atoms with van der Waals surface area (Å²) < 4.78 is 19.0. The van der Waals surface area contributed by atoms with E-state index in [0.717, 1.165) is 24.3 Å². The largest absolute Gasteiger partial charge is 0.493 e. The highest BCUT2D eigenvalue weighted by molar-refractivity contribution is 5.38. The van der Waals surface area contributed by atoms with Gasteiger partial charge in [0.05, 0.1) is 6.61 Å². The van der Waals surface area contributed by atoms with Gasteiger partial charge < -0.3 is 10.1 Å². The lowest BCUT2D eigenvalue weighted by molar-refractivity contribution is 0.251. The van der Waals surface area contributed by atoms with Crippen molar-refractivity contribution in [2.75, 3.05) is 6.61 Å². The lowest BCUT2D eigenvalue weighted by Gasteiger charge is -2.27. The van der Waals surface area contributed by atoms with Gasteiger partial charge in [0.25, 0.3) is 0 Å². The molecule has 0 saturated heterocycles. The third-order valence-corrected chi connectivity index (χ3v) is 3.68. The van der Waals surface area contributed by atoms with E-state index in [-0.39, 0.29) is 11.9 Å². The van der Waals surface area contributed by atoms with Crippen molar-refractivity contribution in [3.05, 3.63) is 65.0 Å². The Labute approximate surface area is 118 Å². The number of ether oxygens (including phenoxy) is 1. The average molecular weight is 271 g/mol. The Morgan fingerprint density at radius 2 is 2.00 bits per heavy atom. The van der Waals surface area contributed by atoms with Gasteiger partial charge in [-0.2, -0.15) is 0 Å². The molecule has 0 radical (unpaired) electrons. The molecule has 3 heteroatoms. The number of hydrogen-bond acceptors (Lipinski definition) is 2. The van der Waals surface area contributed by atoms with Crippen LogP contribution in [0, 0.1) is 12.7 Å². The standard InChI is InChI=1S/C17H18FNO/c1-12-2-4-13(5-3-12)11-19-16-8-9-20-17-7-6-14(18)10-15(16)17/h2-7,10,16,19H,8-9,11H2,1H3. The molecule has 1 aliphatic rings. The van der Waals surface area contributed by atoms with Crippen LogP contribution in [0.4, 0.5) is 4.39 Å². The molecule has 2 aromatic rings. The molecule has 0 saturated carbocycles. The van der Waals surface area contributed by atoms with Gasteiger partial charge >= 0.3 is 0 Å². The van der Waals surface area contributed by atoms with Gasteiger partial charge in [-0.05, 0) is 30.7 Å². The molecule has 1 heterocycles. The number of aryl methyl sites for hydroxylation is 1. The Morgan fingerprint density at radius 3 is 2.80 bits per heavy atom. The van der Waals surface area contributed by atoms with Crippen molar-refractivity contribution in [2.45, 2.75) is 25.9 Å². The van der Waals surface area contributed by atoms with Crippen LogP contribution in [-0.2, 0) is 6.54 Å². The van der Waals surface area contributed by atoms with Crippen LogP contribution < -0.4 is 10.1 Å². The van der Waals surface area contributed by atoms with E-state index >= 15 is 0 Å². The van der Waals surface area contributed by atoms with Crippen LogP contribution in [0.5, 0.6) is 5.75 Å². The molecule has 2 nitrogen and oxygen atoms in total. The fourth-order valence-corrected chi connectivity index (χ4v) is 2.52. The maximum absolute atomic E-state index is 13.4. The van der Waals surface area contributed by atoms with Crippen LogP contribution in [0.25, 0.3) is 0 Å². The summed E-state index contributed by atoms with van der Waals surface area (Å²) in [7, 11) is 0. The molecule has 1 N–H and O–H groups in total. The van der Waals surface area contributed by atoms with Gasteiger partial charge in [-0.25, -0.2) is 4.39 Å². The van der Waals surface area contributed by atoms with E-state index in [1.807, 2.05) is 0 Å². The van der Waals surface area contributed by atoms with Gasteiger partial charge in [0.2, 0.25) is 0 Å². The second-order valence-corrected chi connectivity index (χ2v) is 5.24. The van der Waals surface area contributed by atoms with E-state index in [2.05, 4.69) is 36.5 Å². The van der Waals surface area contributed by atoms with Crippen molar-refractivity contribution in [3.8, 4) is 5.75 Å². The van der Waals surface area contributed by atoms with E-state index in [0.29, 0.717) is 6.61 Å². The average Bonchev–Trinajstić information content (AvgIpc) is 2.47. The lowest BCUT2D eigenvalue weighted by Crippen LogP contribution is -2.26. The minimum absolute atomic E-state index is 0.149. The third kappa shape index (κ3) is 2.83. The molecule has 0 bridgehead atoms. The molecule has 1 aliphatic heterocycles. The molecule has 0 aromatic heterocycles. The predicted octanol–water partition coefficient (Wildman–Crippen LogP) is 3.75.